The fourth-order valence-electron chi connectivity index (χ4n) is 6.88. The number of rotatable bonds is 6. The predicted molar refractivity (Wildman–Crippen MR) is 207 cm³/mol. The van der Waals surface area contributed by atoms with Crippen molar-refractivity contribution in [2.75, 3.05) is 0 Å². The van der Waals surface area contributed by atoms with Crippen LogP contribution in [-0.4, -0.2) is 28.7 Å². The molecule has 0 aliphatic carbocycles. The molecule has 10 aromatic rings. The number of fused-ring (bicyclic) bond motifs is 3. The first-order valence-electron chi connectivity index (χ1n) is 17.0. The van der Waals surface area contributed by atoms with Crippen LogP contribution in [0.1, 0.15) is 0 Å². The second-order valence-electron chi connectivity index (χ2n) is 12.8. The molecule has 0 aliphatic heterocycles. The minimum absolute atomic E-state index is 0.630. The Morgan fingerprint density at radius 1 is 0.275 bits per heavy atom. The average Bonchev–Trinajstić information content (AvgIpc) is 4.02. The Balaban J connectivity index is 1.14. The lowest BCUT2D eigenvalue weighted by molar-refractivity contribution is 1.07. The Bertz CT molecular complexity index is 2520. The van der Waals surface area contributed by atoms with E-state index in [-0.39, 0.29) is 0 Å². The van der Waals surface area contributed by atoms with Crippen molar-refractivity contribution >= 4 is 32.3 Å². The Morgan fingerprint density at radius 2 is 0.549 bits per heavy atom. The molecule has 0 spiro atoms. The molecule has 0 N–H and O–H groups in total. The Hall–Kier alpha value is -7.05. The number of hydrogen-bond acceptors (Lipinski definition) is 3. The van der Waals surface area contributed by atoms with Gasteiger partial charge < -0.3 is 13.7 Å². The molecule has 51 heavy (non-hydrogen) atoms. The summed E-state index contributed by atoms with van der Waals surface area (Å²) in [5.74, 6) is 1.89. The fraction of sp³-hybridized carbons (Fsp3) is 0. The van der Waals surface area contributed by atoms with Gasteiger partial charge in [-0.05, 0) is 123 Å². The van der Waals surface area contributed by atoms with Crippen LogP contribution in [0.5, 0.6) is 0 Å². The summed E-state index contributed by atoms with van der Waals surface area (Å²) in [7, 11) is 0. The van der Waals surface area contributed by atoms with Crippen molar-refractivity contribution in [3.8, 4) is 51.2 Å². The topological polar surface area (TPSA) is 53.5 Å². The van der Waals surface area contributed by atoms with E-state index in [1.165, 1.54) is 0 Å². The van der Waals surface area contributed by atoms with E-state index in [0.29, 0.717) is 17.5 Å². The zero-order valence-electron chi connectivity index (χ0n) is 27.5. The van der Waals surface area contributed by atoms with Gasteiger partial charge in [-0.3, -0.25) is 0 Å². The molecule has 0 amide bonds. The maximum Gasteiger partial charge on any atom is 0.164 e. The molecule has 0 bridgehead atoms. The van der Waals surface area contributed by atoms with E-state index in [1.807, 2.05) is 36.4 Å². The van der Waals surface area contributed by atoms with Crippen molar-refractivity contribution in [1.82, 2.24) is 28.7 Å². The molecular formula is C45H30N6. The minimum Gasteiger partial charge on any atom is -0.324 e. The number of nitrogens with zero attached hydrogens (tertiary/aromatic N) is 6. The van der Waals surface area contributed by atoms with Crippen LogP contribution in [-0.2, 0) is 0 Å². The molecule has 4 aromatic heterocycles. The number of benzene rings is 6. The second kappa shape index (κ2) is 11.8. The summed E-state index contributed by atoms with van der Waals surface area (Å²) in [5.41, 5.74) is 6.11. The summed E-state index contributed by atoms with van der Waals surface area (Å²) in [5, 5.41) is 6.83. The van der Waals surface area contributed by atoms with Crippen LogP contribution in [0.25, 0.3) is 83.5 Å². The maximum absolute atomic E-state index is 5.13. The van der Waals surface area contributed by atoms with E-state index in [4.69, 9.17) is 15.0 Å². The monoisotopic (exact) mass is 654 g/mol. The Kier molecular flexibility index (Phi) is 6.70. The third-order valence-corrected chi connectivity index (χ3v) is 9.59. The van der Waals surface area contributed by atoms with Crippen LogP contribution in [0.4, 0.5) is 0 Å². The normalized spacial score (nSPS) is 11.5. The zero-order valence-corrected chi connectivity index (χ0v) is 27.5. The molecule has 0 unspecified atom stereocenters. The molecule has 4 heterocycles. The van der Waals surface area contributed by atoms with Gasteiger partial charge in [-0.2, -0.15) is 0 Å². The van der Waals surface area contributed by atoms with Crippen molar-refractivity contribution in [3.05, 3.63) is 183 Å². The van der Waals surface area contributed by atoms with Gasteiger partial charge in [0.2, 0.25) is 0 Å². The van der Waals surface area contributed by atoms with E-state index in [0.717, 1.165) is 66.1 Å². The smallest absolute Gasteiger partial charge is 0.164 e. The van der Waals surface area contributed by atoms with Crippen LogP contribution < -0.4 is 0 Å². The SMILES string of the molecule is c1ccn(-c2ccc3ccc(-c4nc(-c5ccc6ccc(-n7cccc7)cc6c5)nc(-c5ccc6ccc(-n7cccc7)cc6c5)n4)cc3c2)c1. The van der Waals surface area contributed by atoms with Crippen molar-refractivity contribution in [2.45, 2.75) is 0 Å². The number of hydrogen-bond donors (Lipinski definition) is 0. The fourth-order valence-corrected chi connectivity index (χ4v) is 6.88. The standard InChI is InChI=1S/C45H30N6/c1-2-20-49(19-1)40-16-13-31-7-10-34(25-37(31)28-40)43-46-44(35-11-8-32-14-17-41(29-38(32)26-35)50-21-3-4-22-50)48-45(47-43)36-12-9-33-15-18-42(30-39(33)27-36)51-23-5-6-24-51/h1-30H. The molecule has 10 rings (SSSR count). The lowest BCUT2D eigenvalue weighted by atomic mass is 10.0. The lowest BCUT2D eigenvalue weighted by Gasteiger charge is -2.12. The van der Waals surface area contributed by atoms with Gasteiger partial charge in [0.25, 0.3) is 0 Å². The van der Waals surface area contributed by atoms with Crippen molar-refractivity contribution in [2.24, 2.45) is 0 Å². The van der Waals surface area contributed by atoms with Gasteiger partial charge in [-0.1, -0.05) is 54.6 Å². The van der Waals surface area contributed by atoms with E-state index < -0.39 is 0 Å². The van der Waals surface area contributed by atoms with Gasteiger partial charge in [-0.25, -0.2) is 15.0 Å². The van der Waals surface area contributed by atoms with Gasteiger partial charge in [0.05, 0.1) is 0 Å². The first-order chi connectivity index (χ1) is 25.2. The second-order valence-corrected chi connectivity index (χ2v) is 12.8. The van der Waals surface area contributed by atoms with Crippen LogP contribution in [0, 0.1) is 0 Å². The van der Waals surface area contributed by atoms with E-state index >= 15 is 0 Å². The highest BCUT2D eigenvalue weighted by Crippen LogP contribution is 2.31. The quantitative estimate of drug-likeness (QED) is 0.179. The lowest BCUT2D eigenvalue weighted by Crippen LogP contribution is -2.00. The van der Waals surface area contributed by atoms with E-state index in [9.17, 15) is 0 Å². The molecule has 6 heteroatoms. The number of aromatic nitrogens is 6. The van der Waals surface area contributed by atoms with Crippen LogP contribution >= 0.6 is 0 Å². The summed E-state index contributed by atoms with van der Waals surface area (Å²) in [6.07, 6.45) is 12.4. The zero-order chi connectivity index (χ0) is 33.7. The van der Waals surface area contributed by atoms with Crippen LogP contribution in [0.15, 0.2) is 183 Å². The summed E-state index contributed by atoms with van der Waals surface area (Å²) in [6.45, 7) is 0. The van der Waals surface area contributed by atoms with Gasteiger partial charge in [-0.15, -0.1) is 0 Å². The third-order valence-electron chi connectivity index (χ3n) is 9.59. The highest BCUT2D eigenvalue weighted by atomic mass is 15.0. The molecule has 0 fully saturated rings. The van der Waals surface area contributed by atoms with Gasteiger partial charge in [0.15, 0.2) is 17.5 Å². The van der Waals surface area contributed by atoms with Crippen LogP contribution in [0.3, 0.4) is 0 Å². The molecule has 0 aliphatic rings. The van der Waals surface area contributed by atoms with Gasteiger partial charge in [0, 0.05) is 70.9 Å². The first kappa shape index (κ1) is 28.9. The largest absolute Gasteiger partial charge is 0.324 e. The minimum atomic E-state index is 0.630. The van der Waals surface area contributed by atoms with E-state index in [2.05, 4.69) is 160 Å². The summed E-state index contributed by atoms with van der Waals surface area (Å²) in [4.78, 5) is 15.4. The predicted octanol–water partition coefficient (Wildman–Crippen LogP) is 10.7. The van der Waals surface area contributed by atoms with Crippen molar-refractivity contribution < 1.29 is 0 Å². The third kappa shape index (κ3) is 5.36. The molecule has 6 nitrogen and oxygen atoms in total. The molecule has 6 aromatic carbocycles. The summed E-state index contributed by atoms with van der Waals surface area (Å²) < 4.78 is 6.36. The summed E-state index contributed by atoms with van der Waals surface area (Å²) >= 11 is 0. The van der Waals surface area contributed by atoms with Gasteiger partial charge >= 0.3 is 0 Å². The Morgan fingerprint density at radius 3 is 0.843 bits per heavy atom. The molecule has 0 saturated carbocycles. The first-order valence-corrected chi connectivity index (χ1v) is 17.0. The Labute approximate surface area is 294 Å². The molecule has 0 atom stereocenters. The molecular weight excluding hydrogens is 625 g/mol. The highest BCUT2D eigenvalue weighted by molar-refractivity contribution is 5.91. The van der Waals surface area contributed by atoms with Crippen LogP contribution in [0.2, 0.25) is 0 Å². The average molecular weight is 655 g/mol. The highest BCUT2D eigenvalue weighted by Gasteiger charge is 2.15. The molecule has 240 valence electrons. The van der Waals surface area contributed by atoms with Gasteiger partial charge in [0.1, 0.15) is 0 Å². The van der Waals surface area contributed by atoms with Crippen molar-refractivity contribution in [1.29, 1.82) is 0 Å². The molecule has 0 saturated heterocycles. The summed E-state index contributed by atoms with van der Waals surface area (Å²) in [6, 6.07) is 51.0. The van der Waals surface area contributed by atoms with Crippen molar-refractivity contribution in [3.63, 3.8) is 0 Å². The molecule has 0 radical (unpaired) electrons. The maximum atomic E-state index is 5.13. The van der Waals surface area contributed by atoms with E-state index in [1.54, 1.807) is 0 Å².